The van der Waals surface area contributed by atoms with Crippen molar-refractivity contribution in [3.05, 3.63) is 35.4 Å². The molecule has 0 atom stereocenters. The van der Waals surface area contributed by atoms with Gasteiger partial charge in [-0.25, -0.2) is 0 Å². The molecular weight excluding hydrogens is 174 g/mol. The second-order valence-electron chi connectivity index (χ2n) is 4.55. The summed E-state index contributed by atoms with van der Waals surface area (Å²) in [6.07, 6.45) is 0.327. The van der Waals surface area contributed by atoms with Crippen LogP contribution in [0.5, 0.6) is 0 Å². The highest BCUT2D eigenvalue weighted by molar-refractivity contribution is 5.77. The molecule has 0 aliphatic rings. The van der Waals surface area contributed by atoms with Gasteiger partial charge in [0.25, 0.3) is 0 Å². The van der Waals surface area contributed by atoms with E-state index >= 15 is 0 Å². The molecule has 0 spiro atoms. The molecule has 0 saturated carbocycles. The SMILES string of the molecule is CC(C)(C)c1ccccc1CC(N)=O. The largest absolute Gasteiger partial charge is 0.369 e. The van der Waals surface area contributed by atoms with Crippen molar-refractivity contribution in [2.24, 2.45) is 5.73 Å². The number of rotatable bonds is 2. The minimum atomic E-state index is -0.276. The summed E-state index contributed by atoms with van der Waals surface area (Å²) in [5, 5.41) is 0. The van der Waals surface area contributed by atoms with Crippen LogP contribution < -0.4 is 5.73 Å². The summed E-state index contributed by atoms with van der Waals surface area (Å²) in [4.78, 5) is 10.9. The summed E-state index contributed by atoms with van der Waals surface area (Å²) in [6.45, 7) is 6.40. The molecule has 2 N–H and O–H groups in total. The van der Waals surface area contributed by atoms with Crippen LogP contribution in [0.3, 0.4) is 0 Å². The zero-order valence-electron chi connectivity index (χ0n) is 9.00. The highest BCUT2D eigenvalue weighted by Gasteiger charge is 2.17. The third-order valence-corrected chi connectivity index (χ3v) is 2.19. The highest BCUT2D eigenvalue weighted by Crippen LogP contribution is 2.25. The standard InChI is InChI=1S/C12H17NO/c1-12(2,3)10-7-5-4-6-9(10)8-11(13)14/h4-7H,8H2,1-3H3,(H2,13,14). The van der Waals surface area contributed by atoms with Crippen molar-refractivity contribution in [2.75, 3.05) is 0 Å². The molecule has 0 unspecified atom stereocenters. The summed E-state index contributed by atoms with van der Waals surface area (Å²) < 4.78 is 0. The van der Waals surface area contributed by atoms with Gasteiger partial charge in [0.05, 0.1) is 6.42 Å². The minimum absolute atomic E-state index is 0.0616. The number of hydrogen-bond donors (Lipinski definition) is 1. The first-order valence-corrected chi connectivity index (χ1v) is 4.78. The quantitative estimate of drug-likeness (QED) is 0.763. The van der Waals surface area contributed by atoms with E-state index in [1.807, 2.05) is 18.2 Å². The predicted molar refractivity (Wildman–Crippen MR) is 58.0 cm³/mol. The Morgan fingerprint density at radius 2 is 1.86 bits per heavy atom. The molecule has 0 saturated heterocycles. The third kappa shape index (κ3) is 2.59. The van der Waals surface area contributed by atoms with Crippen molar-refractivity contribution in [2.45, 2.75) is 32.6 Å². The molecule has 0 heterocycles. The maximum Gasteiger partial charge on any atom is 0.221 e. The first kappa shape index (κ1) is 10.8. The fourth-order valence-electron chi connectivity index (χ4n) is 1.59. The van der Waals surface area contributed by atoms with E-state index in [9.17, 15) is 4.79 Å². The topological polar surface area (TPSA) is 43.1 Å². The molecule has 1 amide bonds. The molecular formula is C12H17NO. The van der Waals surface area contributed by atoms with Crippen molar-refractivity contribution in [1.29, 1.82) is 0 Å². The number of amides is 1. The highest BCUT2D eigenvalue weighted by atomic mass is 16.1. The van der Waals surface area contributed by atoms with Gasteiger partial charge in [-0.05, 0) is 16.5 Å². The van der Waals surface area contributed by atoms with Crippen LogP contribution in [0.15, 0.2) is 24.3 Å². The van der Waals surface area contributed by atoms with Crippen LogP contribution in [-0.4, -0.2) is 5.91 Å². The van der Waals surface area contributed by atoms with Crippen LogP contribution in [0, 0.1) is 0 Å². The average molecular weight is 191 g/mol. The number of carbonyl (C=O) groups excluding carboxylic acids is 1. The Kier molecular flexibility index (Phi) is 2.94. The fraction of sp³-hybridized carbons (Fsp3) is 0.417. The molecule has 1 aromatic carbocycles. The third-order valence-electron chi connectivity index (χ3n) is 2.19. The van der Waals surface area contributed by atoms with Crippen molar-refractivity contribution in [1.82, 2.24) is 0 Å². The molecule has 0 aliphatic heterocycles. The van der Waals surface area contributed by atoms with E-state index in [0.717, 1.165) is 5.56 Å². The van der Waals surface area contributed by atoms with Gasteiger partial charge >= 0.3 is 0 Å². The number of nitrogens with two attached hydrogens (primary N) is 1. The maximum absolute atomic E-state index is 10.9. The van der Waals surface area contributed by atoms with E-state index in [1.165, 1.54) is 5.56 Å². The molecule has 0 fully saturated rings. The van der Waals surface area contributed by atoms with E-state index in [2.05, 4.69) is 26.8 Å². The maximum atomic E-state index is 10.9. The normalized spacial score (nSPS) is 11.4. The van der Waals surface area contributed by atoms with Crippen LogP contribution in [-0.2, 0) is 16.6 Å². The number of carbonyl (C=O) groups is 1. The summed E-state index contributed by atoms with van der Waals surface area (Å²) in [6, 6.07) is 7.95. The Hall–Kier alpha value is -1.31. The summed E-state index contributed by atoms with van der Waals surface area (Å²) in [7, 11) is 0. The summed E-state index contributed by atoms with van der Waals surface area (Å²) >= 11 is 0. The molecule has 14 heavy (non-hydrogen) atoms. The second kappa shape index (κ2) is 3.82. The van der Waals surface area contributed by atoms with E-state index in [0.29, 0.717) is 6.42 Å². The lowest BCUT2D eigenvalue weighted by molar-refractivity contribution is -0.117. The van der Waals surface area contributed by atoms with Gasteiger partial charge in [0.15, 0.2) is 0 Å². The summed E-state index contributed by atoms with van der Waals surface area (Å²) in [5.74, 6) is -0.276. The molecule has 0 bridgehead atoms. The lowest BCUT2D eigenvalue weighted by Crippen LogP contribution is -2.19. The molecule has 0 aliphatic carbocycles. The van der Waals surface area contributed by atoms with Gasteiger partial charge in [-0.2, -0.15) is 0 Å². The molecule has 2 nitrogen and oxygen atoms in total. The molecule has 2 heteroatoms. The molecule has 1 rings (SSSR count). The fourth-order valence-corrected chi connectivity index (χ4v) is 1.59. The zero-order chi connectivity index (χ0) is 10.8. The molecule has 0 aromatic heterocycles. The van der Waals surface area contributed by atoms with Crippen LogP contribution in [0.2, 0.25) is 0 Å². The van der Waals surface area contributed by atoms with Gasteiger partial charge in [-0.3, -0.25) is 4.79 Å². The second-order valence-corrected chi connectivity index (χ2v) is 4.55. The Bertz CT molecular complexity index is 336. The Morgan fingerprint density at radius 1 is 1.29 bits per heavy atom. The lowest BCUT2D eigenvalue weighted by atomic mass is 9.83. The number of benzene rings is 1. The Morgan fingerprint density at radius 3 is 2.36 bits per heavy atom. The van der Waals surface area contributed by atoms with Crippen LogP contribution >= 0.6 is 0 Å². The van der Waals surface area contributed by atoms with Gasteiger partial charge < -0.3 is 5.73 Å². The lowest BCUT2D eigenvalue weighted by Gasteiger charge is -2.22. The first-order chi connectivity index (χ1) is 6.41. The van der Waals surface area contributed by atoms with Crippen molar-refractivity contribution in [3.8, 4) is 0 Å². The summed E-state index contributed by atoms with van der Waals surface area (Å²) in [5.41, 5.74) is 7.49. The van der Waals surface area contributed by atoms with Gasteiger partial charge in [-0.1, -0.05) is 45.0 Å². The number of primary amides is 1. The number of hydrogen-bond acceptors (Lipinski definition) is 1. The van der Waals surface area contributed by atoms with Gasteiger partial charge in [0.1, 0.15) is 0 Å². The minimum Gasteiger partial charge on any atom is -0.369 e. The zero-order valence-corrected chi connectivity index (χ0v) is 9.00. The monoisotopic (exact) mass is 191 g/mol. The van der Waals surface area contributed by atoms with Gasteiger partial charge in [-0.15, -0.1) is 0 Å². The molecule has 76 valence electrons. The molecule has 1 aromatic rings. The van der Waals surface area contributed by atoms with Gasteiger partial charge in [0, 0.05) is 0 Å². The van der Waals surface area contributed by atoms with E-state index in [4.69, 9.17) is 5.73 Å². The van der Waals surface area contributed by atoms with Crippen molar-refractivity contribution < 1.29 is 4.79 Å². The first-order valence-electron chi connectivity index (χ1n) is 4.78. The van der Waals surface area contributed by atoms with E-state index in [1.54, 1.807) is 0 Å². The molecule has 0 radical (unpaired) electrons. The van der Waals surface area contributed by atoms with Crippen molar-refractivity contribution >= 4 is 5.91 Å². The Labute approximate surface area is 85.1 Å². The van der Waals surface area contributed by atoms with Crippen LogP contribution in [0.4, 0.5) is 0 Å². The van der Waals surface area contributed by atoms with Crippen LogP contribution in [0.25, 0.3) is 0 Å². The van der Waals surface area contributed by atoms with Gasteiger partial charge in [0.2, 0.25) is 5.91 Å². The predicted octanol–water partition coefficient (Wildman–Crippen LogP) is 2.01. The van der Waals surface area contributed by atoms with E-state index < -0.39 is 0 Å². The van der Waals surface area contributed by atoms with E-state index in [-0.39, 0.29) is 11.3 Å². The van der Waals surface area contributed by atoms with Crippen LogP contribution in [0.1, 0.15) is 31.9 Å². The smallest absolute Gasteiger partial charge is 0.221 e. The Balaban J connectivity index is 3.10. The van der Waals surface area contributed by atoms with Crippen molar-refractivity contribution in [3.63, 3.8) is 0 Å². The average Bonchev–Trinajstić information content (AvgIpc) is 2.01.